The number of rotatable bonds is 2. The molecule has 17 heavy (non-hydrogen) atoms. The topological polar surface area (TPSA) is 77.5 Å². The third-order valence-electron chi connectivity index (χ3n) is 2.98. The summed E-state index contributed by atoms with van der Waals surface area (Å²) in [4.78, 5) is 4.43. The van der Waals surface area contributed by atoms with Gasteiger partial charge in [-0.3, -0.25) is 0 Å². The summed E-state index contributed by atoms with van der Waals surface area (Å²) in [5.74, 6) is 6.21. The zero-order valence-corrected chi connectivity index (χ0v) is 9.68. The van der Waals surface area contributed by atoms with Crippen LogP contribution in [0.15, 0.2) is 12.1 Å². The summed E-state index contributed by atoms with van der Waals surface area (Å²) in [6.07, 6.45) is 2.21. The van der Waals surface area contributed by atoms with E-state index in [4.69, 9.17) is 10.6 Å². The fourth-order valence-electron chi connectivity index (χ4n) is 2.19. The number of hydrazine groups is 1. The highest BCUT2D eigenvalue weighted by Gasteiger charge is 2.21. The Labute approximate surface area is 98.7 Å². The second-order valence-electron chi connectivity index (χ2n) is 4.27. The maximum Gasteiger partial charge on any atom is 0.157 e. The number of nitrogen functional groups attached to an aromatic ring is 1. The van der Waals surface area contributed by atoms with Gasteiger partial charge in [0.1, 0.15) is 11.9 Å². The molecule has 2 aromatic heterocycles. The average Bonchev–Trinajstić information content (AvgIpc) is 2.95. The highest BCUT2D eigenvalue weighted by molar-refractivity contribution is 5.50. The Kier molecular flexibility index (Phi) is 2.45. The minimum atomic E-state index is 0.0997. The van der Waals surface area contributed by atoms with E-state index in [0.717, 1.165) is 42.3 Å². The van der Waals surface area contributed by atoms with Gasteiger partial charge in [0.15, 0.2) is 5.65 Å². The quantitative estimate of drug-likeness (QED) is 0.601. The van der Waals surface area contributed by atoms with Crippen LogP contribution in [0, 0.1) is 6.92 Å². The minimum Gasteiger partial charge on any atom is -0.372 e. The van der Waals surface area contributed by atoms with Crippen LogP contribution in [0.2, 0.25) is 0 Å². The second kappa shape index (κ2) is 3.97. The third-order valence-corrected chi connectivity index (χ3v) is 2.98. The predicted molar refractivity (Wildman–Crippen MR) is 63.5 cm³/mol. The Bertz CT molecular complexity index is 544. The van der Waals surface area contributed by atoms with Gasteiger partial charge in [-0.1, -0.05) is 0 Å². The standard InChI is InChI=1S/C11H15N5O/c1-7-5-11(14-12)16-10(13-7)6-8(15-16)9-3-2-4-17-9/h5-6,9,14H,2-4,12H2,1H3. The molecular weight excluding hydrogens is 218 g/mol. The van der Waals surface area contributed by atoms with Gasteiger partial charge in [0, 0.05) is 24.4 Å². The molecule has 1 aliphatic heterocycles. The van der Waals surface area contributed by atoms with E-state index in [9.17, 15) is 0 Å². The van der Waals surface area contributed by atoms with Crippen LogP contribution in [0.4, 0.5) is 5.82 Å². The lowest BCUT2D eigenvalue weighted by Gasteiger charge is -2.05. The first kappa shape index (κ1) is 10.5. The number of nitrogens with zero attached hydrogens (tertiary/aromatic N) is 3. The van der Waals surface area contributed by atoms with Crippen molar-refractivity contribution < 1.29 is 4.74 Å². The largest absolute Gasteiger partial charge is 0.372 e. The van der Waals surface area contributed by atoms with Gasteiger partial charge < -0.3 is 10.2 Å². The summed E-state index contributed by atoms with van der Waals surface area (Å²) < 4.78 is 7.33. The molecule has 3 N–H and O–H groups in total. The van der Waals surface area contributed by atoms with Crippen LogP contribution in [-0.4, -0.2) is 21.2 Å². The Hall–Kier alpha value is -1.66. The van der Waals surface area contributed by atoms with Crippen molar-refractivity contribution in [1.29, 1.82) is 0 Å². The van der Waals surface area contributed by atoms with Crippen LogP contribution < -0.4 is 11.3 Å². The van der Waals surface area contributed by atoms with Crippen molar-refractivity contribution >= 4 is 11.5 Å². The van der Waals surface area contributed by atoms with Crippen LogP contribution in [-0.2, 0) is 4.74 Å². The van der Waals surface area contributed by atoms with Gasteiger partial charge in [0.05, 0.1) is 5.69 Å². The Morgan fingerprint density at radius 3 is 3.12 bits per heavy atom. The molecular formula is C11H15N5O. The first-order valence-corrected chi connectivity index (χ1v) is 5.73. The van der Waals surface area contributed by atoms with Crippen molar-refractivity contribution in [3.8, 4) is 0 Å². The van der Waals surface area contributed by atoms with E-state index in [0.29, 0.717) is 0 Å². The summed E-state index contributed by atoms with van der Waals surface area (Å²) in [7, 11) is 0. The first-order valence-electron chi connectivity index (χ1n) is 5.73. The van der Waals surface area contributed by atoms with Gasteiger partial charge in [-0.25, -0.2) is 10.8 Å². The van der Waals surface area contributed by atoms with E-state index < -0.39 is 0 Å². The summed E-state index contributed by atoms with van der Waals surface area (Å²) in [5.41, 5.74) is 5.26. The van der Waals surface area contributed by atoms with E-state index in [1.807, 2.05) is 19.1 Å². The van der Waals surface area contributed by atoms with E-state index in [-0.39, 0.29) is 6.10 Å². The molecule has 0 aliphatic carbocycles. The Balaban J connectivity index is 2.11. The Morgan fingerprint density at radius 2 is 2.41 bits per heavy atom. The summed E-state index contributed by atoms with van der Waals surface area (Å²) in [6.45, 7) is 2.74. The first-order chi connectivity index (χ1) is 8.28. The molecule has 3 heterocycles. The molecule has 0 radical (unpaired) electrons. The molecule has 6 nitrogen and oxygen atoms in total. The number of nitrogens with one attached hydrogen (secondary N) is 1. The van der Waals surface area contributed by atoms with Crippen LogP contribution in [0.3, 0.4) is 0 Å². The summed E-state index contributed by atoms with van der Waals surface area (Å²) in [6, 6.07) is 3.82. The van der Waals surface area contributed by atoms with Crippen LogP contribution in [0.25, 0.3) is 5.65 Å². The number of aromatic nitrogens is 3. The molecule has 0 saturated carbocycles. The maximum absolute atomic E-state index is 5.62. The van der Waals surface area contributed by atoms with Crippen molar-refractivity contribution in [2.24, 2.45) is 5.84 Å². The van der Waals surface area contributed by atoms with Crippen molar-refractivity contribution in [3.05, 3.63) is 23.5 Å². The molecule has 6 heteroatoms. The van der Waals surface area contributed by atoms with Crippen molar-refractivity contribution in [2.45, 2.75) is 25.9 Å². The molecule has 1 saturated heterocycles. The van der Waals surface area contributed by atoms with Gasteiger partial charge in [0.2, 0.25) is 0 Å². The lowest BCUT2D eigenvalue weighted by molar-refractivity contribution is 0.108. The van der Waals surface area contributed by atoms with Crippen molar-refractivity contribution in [2.75, 3.05) is 12.0 Å². The second-order valence-corrected chi connectivity index (χ2v) is 4.27. The number of aryl methyl sites for hydroxylation is 1. The summed E-state index contributed by atoms with van der Waals surface area (Å²) >= 11 is 0. The number of anilines is 1. The molecule has 1 atom stereocenters. The number of hydrogen-bond donors (Lipinski definition) is 2. The predicted octanol–water partition coefficient (Wildman–Crippen LogP) is 1.17. The Morgan fingerprint density at radius 1 is 1.53 bits per heavy atom. The maximum atomic E-state index is 5.62. The lowest BCUT2D eigenvalue weighted by Crippen LogP contribution is -2.12. The SMILES string of the molecule is Cc1cc(NN)n2nc(C3CCCO3)cc2n1. The molecule has 0 spiro atoms. The fourth-order valence-corrected chi connectivity index (χ4v) is 2.19. The highest BCUT2D eigenvalue weighted by atomic mass is 16.5. The molecule has 3 rings (SSSR count). The monoisotopic (exact) mass is 233 g/mol. The third kappa shape index (κ3) is 1.75. The van der Waals surface area contributed by atoms with Crippen molar-refractivity contribution in [3.63, 3.8) is 0 Å². The van der Waals surface area contributed by atoms with Crippen molar-refractivity contribution in [1.82, 2.24) is 14.6 Å². The minimum absolute atomic E-state index is 0.0997. The van der Waals surface area contributed by atoms with Gasteiger partial charge in [0.25, 0.3) is 0 Å². The van der Waals surface area contributed by atoms with Crippen LogP contribution in [0.5, 0.6) is 0 Å². The summed E-state index contributed by atoms with van der Waals surface area (Å²) in [5, 5.41) is 4.49. The van der Waals surface area contributed by atoms with Gasteiger partial charge in [-0.15, -0.1) is 0 Å². The van der Waals surface area contributed by atoms with Crippen LogP contribution in [0.1, 0.15) is 30.3 Å². The number of ether oxygens (including phenoxy) is 1. The molecule has 0 amide bonds. The molecule has 1 unspecified atom stereocenters. The molecule has 1 aliphatic rings. The number of hydrogen-bond acceptors (Lipinski definition) is 5. The van der Waals surface area contributed by atoms with E-state index >= 15 is 0 Å². The highest BCUT2D eigenvalue weighted by Crippen LogP contribution is 2.28. The molecule has 0 aromatic carbocycles. The van der Waals surface area contributed by atoms with Crippen LogP contribution >= 0.6 is 0 Å². The molecule has 0 bridgehead atoms. The normalized spacial score (nSPS) is 20.0. The number of fused-ring (bicyclic) bond motifs is 1. The fraction of sp³-hybridized carbons (Fsp3) is 0.455. The van der Waals surface area contributed by atoms with E-state index in [2.05, 4.69) is 15.5 Å². The zero-order chi connectivity index (χ0) is 11.8. The molecule has 1 fully saturated rings. The molecule has 90 valence electrons. The lowest BCUT2D eigenvalue weighted by atomic mass is 10.2. The zero-order valence-electron chi connectivity index (χ0n) is 9.68. The van der Waals surface area contributed by atoms with E-state index in [1.54, 1.807) is 4.52 Å². The smallest absolute Gasteiger partial charge is 0.157 e. The molecule has 2 aromatic rings. The van der Waals surface area contributed by atoms with Gasteiger partial charge >= 0.3 is 0 Å². The van der Waals surface area contributed by atoms with Gasteiger partial charge in [-0.2, -0.15) is 9.61 Å². The number of nitrogens with two attached hydrogens (primary N) is 1. The van der Waals surface area contributed by atoms with Gasteiger partial charge in [-0.05, 0) is 19.8 Å². The average molecular weight is 233 g/mol. The van der Waals surface area contributed by atoms with E-state index in [1.165, 1.54) is 0 Å².